The van der Waals surface area contributed by atoms with Crippen LogP contribution in [0.3, 0.4) is 0 Å². The minimum Gasteiger partial charge on any atom is -0.479 e. The zero-order valence-electron chi connectivity index (χ0n) is 11.2. The van der Waals surface area contributed by atoms with E-state index in [1.54, 1.807) is 0 Å². The van der Waals surface area contributed by atoms with E-state index in [1.807, 2.05) is 0 Å². The zero-order chi connectivity index (χ0) is 13.8. The Hall–Kier alpha value is -1.30. The van der Waals surface area contributed by atoms with E-state index in [-0.39, 0.29) is 18.2 Å². The maximum absolute atomic E-state index is 11.7. The highest BCUT2D eigenvalue weighted by Gasteiger charge is 2.31. The molecule has 3 N–H and O–H groups in total. The Morgan fingerprint density at radius 1 is 1.26 bits per heavy atom. The molecule has 19 heavy (non-hydrogen) atoms. The van der Waals surface area contributed by atoms with Crippen LogP contribution in [0.5, 0.6) is 0 Å². The van der Waals surface area contributed by atoms with Crippen LogP contribution in [0.15, 0.2) is 0 Å². The van der Waals surface area contributed by atoms with Gasteiger partial charge in [0.15, 0.2) is 6.10 Å². The molecule has 0 aromatic carbocycles. The highest BCUT2D eigenvalue weighted by Crippen LogP contribution is 2.24. The first-order valence-electron chi connectivity index (χ1n) is 6.99. The first kappa shape index (κ1) is 14.1. The quantitative estimate of drug-likeness (QED) is 0.714. The molecule has 0 radical (unpaired) electrons. The molecule has 0 bridgehead atoms. The molecule has 0 aromatic rings. The molecule has 2 rings (SSSR count). The normalized spacial score (nSPS) is 34.2. The largest absolute Gasteiger partial charge is 0.479 e. The van der Waals surface area contributed by atoms with Crippen molar-refractivity contribution in [3.8, 4) is 0 Å². The van der Waals surface area contributed by atoms with Gasteiger partial charge in [0.1, 0.15) is 0 Å². The van der Waals surface area contributed by atoms with Crippen LogP contribution >= 0.6 is 0 Å². The number of nitrogens with one attached hydrogen (secondary N) is 2. The van der Waals surface area contributed by atoms with Crippen molar-refractivity contribution in [1.82, 2.24) is 10.6 Å². The van der Waals surface area contributed by atoms with Crippen LogP contribution in [-0.4, -0.2) is 41.9 Å². The Morgan fingerprint density at radius 3 is 2.63 bits per heavy atom. The molecule has 1 heterocycles. The van der Waals surface area contributed by atoms with Gasteiger partial charge in [0, 0.05) is 12.6 Å². The van der Waals surface area contributed by atoms with E-state index in [2.05, 4.69) is 17.6 Å². The highest BCUT2D eigenvalue weighted by molar-refractivity contribution is 5.74. The number of hydrogen-bond acceptors (Lipinski definition) is 3. The molecule has 108 valence electrons. The van der Waals surface area contributed by atoms with Gasteiger partial charge >= 0.3 is 12.0 Å². The maximum Gasteiger partial charge on any atom is 0.332 e. The van der Waals surface area contributed by atoms with Gasteiger partial charge < -0.3 is 20.5 Å². The third-order valence-corrected chi connectivity index (χ3v) is 4.05. The van der Waals surface area contributed by atoms with Crippen LogP contribution in [0.1, 0.15) is 39.0 Å². The van der Waals surface area contributed by atoms with Gasteiger partial charge in [-0.05, 0) is 31.6 Å². The Kier molecular flexibility index (Phi) is 4.63. The van der Waals surface area contributed by atoms with Gasteiger partial charge in [0.25, 0.3) is 0 Å². The average molecular weight is 270 g/mol. The number of carbonyl (C=O) groups is 2. The number of carbonyl (C=O) groups excluding carboxylic acids is 1. The second kappa shape index (κ2) is 6.23. The SMILES string of the molecule is CC1CCCC1NC(=O)NCC1CCC(C(=O)O)O1. The number of urea groups is 1. The standard InChI is InChI=1S/C13H22N2O4/c1-8-3-2-4-10(8)15-13(18)14-7-9-5-6-11(19-9)12(16)17/h8-11H,2-7H2,1H3,(H,16,17)(H2,14,15,18). The van der Waals surface area contributed by atoms with Gasteiger partial charge in [-0.25, -0.2) is 9.59 Å². The number of aliphatic carboxylic acids is 1. The molecule has 0 spiro atoms. The summed E-state index contributed by atoms with van der Waals surface area (Å²) in [6.45, 7) is 2.52. The van der Waals surface area contributed by atoms with Crippen LogP contribution < -0.4 is 10.6 Å². The van der Waals surface area contributed by atoms with Crippen molar-refractivity contribution in [2.24, 2.45) is 5.92 Å². The first-order valence-corrected chi connectivity index (χ1v) is 6.99. The fraction of sp³-hybridized carbons (Fsp3) is 0.846. The monoisotopic (exact) mass is 270 g/mol. The summed E-state index contributed by atoms with van der Waals surface area (Å²) in [5.41, 5.74) is 0. The lowest BCUT2D eigenvalue weighted by Crippen LogP contribution is -2.45. The van der Waals surface area contributed by atoms with Gasteiger partial charge in [0.2, 0.25) is 0 Å². The summed E-state index contributed by atoms with van der Waals surface area (Å²) in [4.78, 5) is 22.4. The summed E-state index contributed by atoms with van der Waals surface area (Å²) >= 11 is 0. The third-order valence-electron chi connectivity index (χ3n) is 4.05. The number of carboxylic acids is 1. The number of amides is 2. The van der Waals surface area contributed by atoms with Crippen molar-refractivity contribution in [2.45, 2.75) is 57.3 Å². The summed E-state index contributed by atoms with van der Waals surface area (Å²) in [5, 5.41) is 14.5. The zero-order valence-corrected chi connectivity index (χ0v) is 11.2. The average Bonchev–Trinajstić information content (AvgIpc) is 2.97. The molecule has 2 aliphatic rings. The molecule has 0 aromatic heterocycles. The molecule has 4 atom stereocenters. The van der Waals surface area contributed by atoms with Crippen molar-refractivity contribution >= 4 is 12.0 Å². The molecule has 6 heteroatoms. The maximum atomic E-state index is 11.7. The van der Waals surface area contributed by atoms with Crippen molar-refractivity contribution < 1.29 is 19.4 Å². The second-order valence-corrected chi connectivity index (χ2v) is 5.53. The fourth-order valence-electron chi connectivity index (χ4n) is 2.82. The Bertz CT molecular complexity index is 348. The Morgan fingerprint density at radius 2 is 2.05 bits per heavy atom. The smallest absolute Gasteiger partial charge is 0.332 e. The molecule has 1 saturated heterocycles. The van der Waals surface area contributed by atoms with E-state index in [1.165, 1.54) is 0 Å². The number of rotatable bonds is 4. The summed E-state index contributed by atoms with van der Waals surface area (Å²) in [5.74, 6) is -0.392. The van der Waals surface area contributed by atoms with E-state index in [0.29, 0.717) is 25.3 Å². The van der Waals surface area contributed by atoms with E-state index in [9.17, 15) is 9.59 Å². The van der Waals surface area contributed by atoms with Gasteiger partial charge in [0.05, 0.1) is 6.10 Å². The highest BCUT2D eigenvalue weighted by atomic mass is 16.5. The minimum absolute atomic E-state index is 0.180. The number of carboxylic acid groups (broad SMARTS) is 1. The predicted octanol–water partition coefficient (Wildman–Crippen LogP) is 1.11. The molecular weight excluding hydrogens is 248 g/mol. The van der Waals surface area contributed by atoms with Crippen molar-refractivity contribution in [1.29, 1.82) is 0 Å². The molecule has 2 fully saturated rings. The Balaban J connectivity index is 1.65. The van der Waals surface area contributed by atoms with Crippen LogP contribution in [0.25, 0.3) is 0 Å². The predicted molar refractivity (Wildman–Crippen MR) is 68.9 cm³/mol. The van der Waals surface area contributed by atoms with Crippen LogP contribution in [0.2, 0.25) is 0 Å². The van der Waals surface area contributed by atoms with Gasteiger partial charge in [-0.2, -0.15) is 0 Å². The summed E-state index contributed by atoms with van der Waals surface area (Å²) in [7, 11) is 0. The van der Waals surface area contributed by atoms with Crippen molar-refractivity contribution in [3.63, 3.8) is 0 Å². The fourth-order valence-corrected chi connectivity index (χ4v) is 2.82. The van der Waals surface area contributed by atoms with Crippen molar-refractivity contribution in [2.75, 3.05) is 6.54 Å². The molecule has 1 aliphatic heterocycles. The third kappa shape index (κ3) is 3.83. The second-order valence-electron chi connectivity index (χ2n) is 5.53. The topological polar surface area (TPSA) is 87.7 Å². The van der Waals surface area contributed by atoms with Gasteiger partial charge in [-0.15, -0.1) is 0 Å². The van der Waals surface area contributed by atoms with E-state index in [4.69, 9.17) is 9.84 Å². The van der Waals surface area contributed by atoms with Crippen LogP contribution in [-0.2, 0) is 9.53 Å². The summed E-state index contributed by atoms with van der Waals surface area (Å²) in [6.07, 6.45) is 3.66. The van der Waals surface area contributed by atoms with Gasteiger partial charge in [-0.3, -0.25) is 0 Å². The molecular formula is C13H22N2O4. The molecule has 1 saturated carbocycles. The lowest BCUT2D eigenvalue weighted by atomic mass is 10.1. The van der Waals surface area contributed by atoms with E-state index >= 15 is 0 Å². The molecule has 2 amide bonds. The first-order chi connectivity index (χ1) is 9.06. The van der Waals surface area contributed by atoms with Crippen LogP contribution in [0.4, 0.5) is 4.79 Å². The lowest BCUT2D eigenvalue weighted by Gasteiger charge is -2.19. The van der Waals surface area contributed by atoms with Gasteiger partial charge in [-0.1, -0.05) is 13.3 Å². The van der Waals surface area contributed by atoms with Crippen molar-refractivity contribution in [3.05, 3.63) is 0 Å². The van der Waals surface area contributed by atoms with E-state index in [0.717, 1.165) is 19.3 Å². The molecule has 6 nitrogen and oxygen atoms in total. The summed E-state index contributed by atoms with van der Waals surface area (Å²) in [6, 6.07) is 0.0809. The van der Waals surface area contributed by atoms with Crippen LogP contribution in [0, 0.1) is 5.92 Å². The molecule has 4 unspecified atom stereocenters. The number of hydrogen-bond donors (Lipinski definition) is 3. The Labute approximate surface area is 112 Å². The minimum atomic E-state index is -0.924. The lowest BCUT2D eigenvalue weighted by molar-refractivity contribution is -0.149. The van der Waals surface area contributed by atoms with E-state index < -0.39 is 12.1 Å². The summed E-state index contributed by atoms with van der Waals surface area (Å²) < 4.78 is 5.32. The molecule has 1 aliphatic carbocycles. The number of ether oxygens (including phenoxy) is 1.